The van der Waals surface area contributed by atoms with E-state index in [0.29, 0.717) is 11.1 Å². The number of phenols is 1. The van der Waals surface area contributed by atoms with Crippen LogP contribution in [0.5, 0.6) is 11.5 Å². The number of hydrogen-bond acceptors (Lipinski definition) is 11. The molecule has 2 aliphatic rings. The van der Waals surface area contributed by atoms with Crippen molar-refractivity contribution in [2.45, 2.75) is 74.6 Å². The lowest BCUT2D eigenvalue weighted by Gasteiger charge is -2.44. The van der Waals surface area contributed by atoms with Gasteiger partial charge in [-0.25, -0.2) is 0 Å². The second-order valence-corrected chi connectivity index (χ2v) is 12.6. The third kappa shape index (κ3) is 7.62. The predicted molar refractivity (Wildman–Crippen MR) is 175 cm³/mol. The highest BCUT2D eigenvalue weighted by Crippen LogP contribution is 2.41. The molecule has 1 saturated heterocycles. The summed E-state index contributed by atoms with van der Waals surface area (Å²) in [5.41, 5.74) is 1.56. The Balaban J connectivity index is 1.27. The number of ether oxygens (including phenoxy) is 4. The van der Waals surface area contributed by atoms with Crippen molar-refractivity contribution in [3.8, 4) is 22.6 Å². The van der Waals surface area contributed by atoms with Gasteiger partial charge in [-0.15, -0.1) is 0 Å². The van der Waals surface area contributed by atoms with Crippen LogP contribution in [0.4, 0.5) is 0 Å². The maximum Gasteiger partial charge on any atom is 0.317 e. The number of carbonyl (C=O) groups excluding carboxylic acids is 1. The van der Waals surface area contributed by atoms with Gasteiger partial charge in [0.25, 0.3) is 0 Å². The van der Waals surface area contributed by atoms with Crippen LogP contribution >= 0.6 is 0 Å². The number of fused-ring (bicyclic) bond motifs is 1. The van der Waals surface area contributed by atoms with Gasteiger partial charge in [0.2, 0.25) is 6.29 Å². The van der Waals surface area contributed by atoms with Crippen molar-refractivity contribution in [1.29, 1.82) is 0 Å². The molecule has 0 amide bonds. The molecule has 2 fully saturated rings. The number of phenolic OH excluding ortho intramolecular Hbond substituents is 1. The quantitative estimate of drug-likeness (QED) is 0.131. The summed E-state index contributed by atoms with van der Waals surface area (Å²) in [7, 11) is 0. The molecule has 12 nitrogen and oxygen atoms in total. The molecule has 3 aromatic carbocycles. The van der Waals surface area contributed by atoms with Crippen LogP contribution in [0.1, 0.15) is 44.1 Å². The van der Waals surface area contributed by atoms with Gasteiger partial charge in [0, 0.05) is 11.5 Å². The number of hydrogen-bond donors (Lipinski definition) is 4. The number of aliphatic hydroxyl groups excluding tert-OH is 2. The monoisotopic (exact) mass is 674 g/mol. The van der Waals surface area contributed by atoms with E-state index in [0.717, 1.165) is 37.7 Å². The van der Waals surface area contributed by atoms with Crippen LogP contribution < -0.4 is 10.2 Å². The van der Waals surface area contributed by atoms with Gasteiger partial charge in [0.15, 0.2) is 5.43 Å². The first-order valence-corrected chi connectivity index (χ1v) is 16.2. The molecule has 1 saturated carbocycles. The Labute approximate surface area is 281 Å². The number of esters is 1. The summed E-state index contributed by atoms with van der Waals surface area (Å²) < 4.78 is 29.5. The fraction of sp³-hybridized carbons (Fsp3) is 0.378. The lowest BCUT2D eigenvalue weighted by atomic mass is 9.70. The van der Waals surface area contributed by atoms with Crippen molar-refractivity contribution in [2.75, 3.05) is 13.2 Å². The number of carboxylic acids is 1. The van der Waals surface area contributed by atoms with Crippen LogP contribution in [-0.2, 0) is 29.2 Å². The molecule has 0 spiro atoms. The maximum atomic E-state index is 13.3. The van der Waals surface area contributed by atoms with Gasteiger partial charge >= 0.3 is 11.9 Å². The number of benzene rings is 3. The van der Waals surface area contributed by atoms with Crippen molar-refractivity contribution >= 4 is 22.9 Å². The fourth-order valence-electron chi connectivity index (χ4n) is 6.61. The van der Waals surface area contributed by atoms with E-state index in [1.807, 2.05) is 18.2 Å². The smallest absolute Gasteiger partial charge is 0.317 e. The number of aliphatic hydroxyl groups is 2. The Morgan fingerprint density at radius 1 is 0.918 bits per heavy atom. The van der Waals surface area contributed by atoms with E-state index in [4.69, 9.17) is 28.5 Å². The summed E-state index contributed by atoms with van der Waals surface area (Å²) in [5.74, 6) is -2.15. The van der Waals surface area contributed by atoms with Crippen molar-refractivity contribution in [2.24, 2.45) is 0 Å². The van der Waals surface area contributed by atoms with Crippen LogP contribution in [0.15, 0.2) is 88.3 Å². The summed E-state index contributed by atoms with van der Waals surface area (Å²) in [5, 5.41) is 41.2. The van der Waals surface area contributed by atoms with E-state index in [1.54, 1.807) is 12.1 Å². The van der Waals surface area contributed by atoms with Crippen molar-refractivity contribution in [3.63, 3.8) is 0 Å². The van der Waals surface area contributed by atoms with E-state index in [1.165, 1.54) is 36.6 Å². The Morgan fingerprint density at radius 2 is 1.65 bits per heavy atom. The van der Waals surface area contributed by atoms with Gasteiger partial charge in [0.05, 0.1) is 17.6 Å². The molecule has 2 heterocycles. The molecular formula is C37H38O12. The van der Waals surface area contributed by atoms with E-state index >= 15 is 0 Å². The molecule has 4 N–H and O–H groups in total. The Bertz CT molecular complexity index is 1810. The van der Waals surface area contributed by atoms with Crippen molar-refractivity contribution in [1.82, 2.24) is 0 Å². The van der Waals surface area contributed by atoms with Gasteiger partial charge in [-0.3, -0.25) is 14.4 Å². The first kappa shape index (κ1) is 34.1. The minimum Gasteiger partial charge on any atom is -0.508 e. The highest BCUT2D eigenvalue weighted by Gasteiger charge is 2.48. The Hall–Kier alpha value is -4.75. The van der Waals surface area contributed by atoms with Crippen LogP contribution in [0.2, 0.25) is 0 Å². The Kier molecular flexibility index (Phi) is 10.3. The zero-order valence-corrected chi connectivity index (χ0v) is 26.6. The summed E-state index contributed by atoms with van der Waals surface area (Å²) in [6.45, 7) is -0.336. The molecule has 0 bridgehead atoms. The molecular weight excluding hydrogens is 636 g/mol. The molecule has 258 valence electrons. The SMILES string of the molecule is O=C(O)CC(=O)OCC1OC(Oc2ccc3c(=O)c(-c4ccc(O)cc4)coc3c2)C(OCC2(c3ccccc3)CCCCC2)C(O)C1O. The molecule has 49 heavy (non-hydrogen) atoms. The largest absolute Gasteiger partial charge is 0.508 e. The van der Waals surface area contributed by atoms with Gasteiger partial charge in [-0.1, -0.05) is 61.7 Å². The topological polar surface area (TPSA) is 182 Å². The number of aliphatic carboxylic acids is 1. The maximum absolute atomic E-state index is 13.3. The van der Waals surface area contributed by atoms with E-state index in [2.05, 4.69) is 12.1 Å². The first-order chi connectivity index (χ1) is 23.6. The number of rotatable bonds is 11. The summed E-state index contributed by atoms with van der Waals surface area (Å²) in [4.78, 5) is 36.2. The highest BCUT2D eigenvalue weighted by atomic mass is 16.7. The summed E-state index contributed by atoms with van der Waals surface area (Å²) >= 11 is 0. The fourth-order valence-corrected chi connectivity index (χ4v) is 6.61. The van der Waals surface area contributed by atoms with Crippen molar-refractivity contribution < 1.29 is 53.4 Å². The van der Waals surface area contributed by atoms with E-state index in [-0.39, 0.29) is 39.9 Å². The summed E-state index contributed by atoms with van der Waals surface area (Å²) in [6, 6.07) is 20.7. The lowest BCUT2D eigenvalue weighted by Crippen LogP contribution is -2.61. The van der Waals surface area contributed by atoms with Crippen LogP contribution in [-0.4, -0.2) is 76.3 Å². The Morgan fingerprint density at radius 3 is 2.37 bits per heavy atom. The molecule has 0 radical (unpaired) electrons. The van der Waals surface area contributed by atoms with Crippen molar-refractivity contribution in [3.05, 3.63) is 94.8 Å². The predicted octanol–water partition coefficient (Wildman–Crippen LogP) is 4.30. The van der Waals surface area contributed by atoms with Crippen LogP contribution in [0, 0.1) is 0 Å². The standard InChI is InChI=1S/C37H38O12/c38-24-11-9-22(10-12-24)27-19-45-28-17-25(13-14-26(28)32(27)42)48-36-35(34(44)33(43)29(49-36)20-46-31(41)18-30(39)40)47-21-37(15-5-2-6-16-37)23-7-3-1-4-8-23/h1,3-4,7-14,17,19,29,33-36,38,43-44H,2,5-6,15-16,18,20-21H2,(H,39,40). The number of carbonyl (C=O) groups is 2. The molecule has 5 atom stereocenters. The first-order valence-electron chi connectivity index (χ1n) is 16.2. The highest BCUT2D eigenvalue weighted by molar-refractivity contribution is 5.90. The van der Waals surface area contributed by atoms with E-state index in [9.17, 15) is 29.7 Å². The van der Waals surface area contributed by atoms with Gasteiger partial charge in [-0.05, 0) is 48.2 Å². The van der Waals surface area contributed by atoms with E-state index < -0.39 is 55.7 Å². The lowest BCUT2D eigenvalue weighted by molar-refractivity contribution is -0.291. The summed E-state index contributed by atoms with van der Waals surface area (Å²) in [6.07, 6.45) is -1.60. The van der Waals surface area contributed by atoms with Crippen LogP contribution in [0.25, 0.3) is 22.1 Å². The minimum absolute atomic E-state index is 0.0650. The van der Waals surface area contributed by atoms with Gasteiger partial charge in [0.1, 0.15) is 60.8 Å². The third-order valence-corrected chi connectivity index (χ3v) is 9.27. The molecule has 6 rings (SSSR count). The average molecular weight is 675 g/mol. The van der Waals surface area contributed by atoms with Crippen LogP contribution in [0.3, 0.4) is 0 Å². The second kappa shape index (κ2) is 14.8. The third-order valence-electron chi connectivity index (χ3n) is 9.27. The van der Waals surface area contributed by atoms with Gasteiger partial charge in [-0.2, -0.15) is 0 Å². The molecule has 1 aliphatic heterocycles. The zero-order valence-electron chi connectivity index (χ0n) is 26.6. The van der Waals surface area contributed by atoms with Gasteiger partial charge < -0.3 is 43.8 Å². The molecule has 1 aromatic heterocycles. The molecule has 1 aliphatic carbocycles. The molecule has 4 aromatic rings. The average Bonchev–Trinajstić information content (AvgIpc) is 3.10. The number of carboxylic acid groups (broad SMARTS) is 1. The minimum atomic E-state index is -1.56. The normalized spacial score (nSPS) is 23.5. The molecule has 5 unspecified atom stereocenters. The second-order valence-electron chi connectivity index (χ2n) is 12.6. The molecule has 12 heteroatoms. The number of aromatic hydroxyl groups is 1. The zero-order chi connectivity index (χ0) is 34.5.